The van der Waals surface area contributed by atoms with E-state index >= 15 is 0 Å². The van der Waals surface area contributed by atoms with Crippen LogP contribution >= 0.6 is 11.6 Å². The number of carbonyl (C=O) groups is 3. The summed E-state index contributed by atoms with van der Waals surface area (Å²) in [4.78, 5) is 39.5. The third kappa shape index (κ3) is 6.14. The largest absolute Gasteiger partial charge is 0.370 e. The Balaban J connectivity index is 1.41. The van der Waals surface area contributed by atoms with Gasteiger partial charge in [0.05, 0.1) is 39.5 Å². The van der Waals surface area contributed by atoms with Crippen LogP contribution in [0.15, 0.2) is 24.3 Å². The van der Waals surface area contributed by atoms with Crippen molar-refractivity contribution >= 4 is 29.3 Å². The molecule has 3 rings (SSSR count). The lowest BCUT2D eigenvalue weighted by atomic mass is 10.2. The van der Waals surface area contributed by atoms with Crippen LogP contribution in [0, 0.1) is 0 Å². The van der Waals surface area contributed by atoms with Gasteiger partial charge in [0.2, 0.25) is 0 Å². The fourth-order valence-corrected chi connectivity index (χ4v) is 3.41. The number of nitrogens with zero attached hydrogens (tertiary/aromatic N) is 1. The van der Waals surface area contributed by atoms with E-state index in [1.807, 2.05) is 0 Å². The van der Waals surface area contributed by atoms with Crippen molar-refractivity contribution in [2.75, 3.05) is 59.1 Å². The predicted octanol–water partition coefficient (Wildman–Crippen LogP) is -1.71. The summed E-state index contributed by atoms with van der Waals surface area (Å²) in [7, 11) is 0. The maximum atomic E-state index is 12.6. The Hall–Kier alpha value is -2.20. The normalized spacial score (nSPS) is 19.8. The van der Waals surface area contributed by atoms with E-state index in [2.05, 4.69) is 10.6 Å². The molecule has 2 aliphatic rings. The van der Waals surface area contributed by atoms with Gasteiger partial charge in [0, 0.05) is 17.1 Å². The number of morpholine rings is 1. The van der Waals surface area contributed by atoms with E-state index in [0.717, 1.165) is 32.8 Å². The standard InChI is InChI=1S/C19H25ClN4O5/c20-15-3-1-14(2-4-15)19(27)24-9-12-29-16(24)13-22-18(26)17(25)21-5-6-23-7-10-28-11-8-23/h1-4,16H,5-13H2,(H,21,25)(H,22,26)/p+1/t16-/m1/s1. The Bertz CT molecular complexity index is 724. The third-order valence-corrected chi connectivity index (χ3v) is 5.20. The Morgan fingerprint density at radius 3 is 2.48 bits per heavy atom. The van der Waals surface area contributed by atoms with Crippen LogP contribution in [0.1, 0.15) is 10.4 Å². The Kier molecular flexibility index (Phi) is 7.82. The first kappa shape index (κ1) is 21.5. The van der Waals surface area contributed by atoms with E-state index in [1.165, 1.54) is 9.80 Å². The van der Waals surface area contributed by atoms with Gasteiger partial charge in [0.15, 0.2) is 0 Å². The topological polar surface area (TPSA) is 101 Å². The molecule has 0 unspecified atom stereocenters. The summed E-state index contributed by atoms with van der Waals surface area (Å²) in [5, 5.41) is 5.71. The molecule has 1 aromatic carbocycles. The number of quaternary nitrogens is 1. The van der Waals surface area contributed by atoms with Gasteiger partial charge in [0.1, 0.15) is 19.3 Å². The zero-order valence-electron chi connectivity index (χ0n) is 16.1. The molecule has 0 saturated carbocycles. The molecule has 1 aromatic rings. The smallest absolute Gasteiger partial charge is 0.309 e. The van der Waals surface area contributed by atoms with Gasteiger partial charge < -0.3 is 29.9 Å². The van der Waals surface area contributed by atoms with Crippen molar-refractivity contribution in [2.24, 2.45) is 0 Å². The van der Waals surface area contributed by atoms with E-state index in [9.17, 15) is 14.4 Å². The monoisotopic (exact) mass is 425 g/mol. The van der Waals surface area contributed by atoms with Gasteiger partial charge in [-0.3, -0.25) is 14.4 Å². The first-order valence-electron chi connectivity index (χ1n) is 9.70. The molecule has 0 spiro atoms. The van der Waals surface area contributed by atoms with Gasteiger partial charge in [-0.15, -0.1) is 0 Å². The summed E-state index contributed by atoms with van der Waals surface area (Å²) >= 11 is 5.86. The van der Waals surface area contributed by atoms with E-state index < -0.39 is 18.0 Å². The zero-order valence-corrected chi connectivity index (χ0v) is 16.9. The summed E-state index contributed by atoms with van der Waals surface area (Å²) in [5.74, 6) is -1.64. The molecule has 0 bridgehead atoms. The van der Waals surface area contributed by atoms with Crippen molar-refractivity contribution < 1.29 is 28.8 Å². The van der Waals surface area contributed by atoms with Crippen molar-refractivity contribution in [3.05, 3.63) is 34.9 Å². The van der Waals surface area contributed by atoms with Crippen molar-refractivity contribution in [2.45, 2.75) is 6.23 Å². The van der Waals surface area contributed by atoms with Crippen LogP contribution in [0.2, 0.25) is 5.02 Å². The Morgan fingerprint density at radius 2 is 1.76 bits per heavy atom. The molecule has 2 saturated heterocycles. The summed E-state index contributed by atoms with van der Waals surface area (Å²) in [6.45, 7) is 5.23. The first-order chi connectivity index (χ1) is 14.0. The minimum absolute atomic E-state index is 0.0420. The quantitative estimate of drug-likeness (QED) is 0.471. The van der Waals surface area contributed by atoms with Crippen LogP contribution in [0.25, 0.3) is 0 Å². The zero-order chi connectivity index (χ0) is 20.6. The highest BCUT2D eigenvalue weighted by Gasteiger charge is 2.31. The van der Waals surface area contributed by atoms with E-state index in [1.54, 1.807) is 24.3 Å². The van der Waals surface area contributed by atoms with E-state index in [0.29, 0.717) is 30.3 Å². The molecule has 2 fully saturated rings. The van der Waals surface area contributed by atoms with Crippen LogP contribution in [-0.4, -0.2) is 87.9 Å². The Morgan fingerprint density at radius 1 is 1.07 bits per heavy atom. The van der Waals surface area contributed by atoms with Crippen LogP contribution in [0.5, 0.6) is 0 Å². The number of nitrogens with one attached hydrogen (secondary N) is 3. The highest BCUT2D eigenvalue weighted by atomic mass is 35.5. The number of hydrogen-bond acceptors (Lipinski definition) is 5. The van der Waals surface area contributed by atoms with Crippen molar-refractivity contribution in [1.82, 2.24) is 15.5 Å². The molecule has 0 radical (unpaired) electrons. The second kappa shape index (κ2) is 10.5. The van der Waals surface area contributed by atoms with Gasteiger partial charge in [-0.05, 0) is 24.3 Å². The molecule has 2 aliphatic heterocycles. The van der Waals surface area contributed by atoms with Gasteiger partial charge in [0.25, 0.3) is 5.91 Å². The first-order valence-corrected chi connectivity index (χ1v) is 10.1. The van der Waals surface area contributed by atoms with Crippen molar-refractivity contribution in [1.29, 1.82) is 0 Å². The molecule has 3 N–H and O–H groups in total. The molecular weight excluding hydrogens is 400 g/mol. The molecule has 29 heavy (non-hydrogen) atoms. The van der Waals surface area contributed by atoms with Crippen molar-refractivity contribution in [3.63, 3.8) is 0 Å². The van der Waals surface area contributed by atoms with Crippen LogP contribution in [0.3, 0.4) is 0 Å². The minimum atomic E-state index is -0.739. The summed E-state index contributed by atoms with van der Waals surface area (Å²) in [6, 6.07) is 6.57. The maximum absolute atomic E-state index is 12.6. The maximum Gasteiger partial charge on any atom is 0.309 e. The lowest BCUT2D eigenvalue weighted by Crippen LogP contribution is -3.14. The molecule has 158 valence electrons. The second-order valence-corrected chi connectivity index (χ2v) is 7.35. The number of hydrogen-bond donors (Lipinski definition) is 3. The molecule has 9 nitrogen and oxygen atoms in total. The molecular formula is C19H26ClN4O5+. The second-order valence-electron chi connectivity index (χ2n) is 6.91. The number of ether oxygens (including phenoxy) is 2. The average molecular weight is 426 g/mol. The molecule has 3 amide bonds. The lowest BCUT2D eigenvalue weighted by Gasteiger charge is -2.24. The fraction of sp³-hybridized carbons (Fsp3) is 0.526. The van der Waals surface area contributed by atoms with Gasteiger partial charge in [-0.2, -0.15) is 0 Å². The van der Waals surface area contributed by atoms with Gasteiger partial charge in [-0.25, -0.2) is 0 Å². The highest BCUT2D eigenvalue weighted by Crippen LogP contribution is 2.16. The summed E-state index contributed by atoms with van der Waals surface area (Å²) in [6.07, 6.45) is -0.618. The van der Waals surface area contributed by atoms with E-state index in [4.69, 9.17) is 21.1 Å². The number of carbonyl (C=O) groups excluding carboxylic acids is 3. The minimum Gasteiger partial charge on any atom is -0.370 e. The average Bonchev–Trinajstić information content (AvgIpc) is 3.21. The fourth-order valence-electron chi connectivity index (χ4n) is 3.28. The predicted molar refractivity (Wildman–Crippen MR) is 105 cm³/mol. The number of amides is 3. The summed E-state index contributed by atoms with van der Waals surface area (Å²) < 4.78 is 10.8. The number of halogens is 1. The molecule has 10 heteroatoms. The Labute approximate surface area is 174 Å². The van der Waals surface area contributed by atoms with Crippen LogP contribution in [-0.2, 0) is 19.1 Å². The number of rotatable bonds is 6. The molecule has 1 atom stereocenters. The SMILES string of the molecule is O=C(NCC[NH+]1CCOCC1)C(=O)NC[C@H]1OCCN1C(=O)c1ccc(Cl)cc1. The van der Waals surface area contributed by atoms with E-state index in [-0.39, 0.29) is 12.5 Å². The van der Waals surface area contributed by atoms with Gasteiger partial charge >= 0.3 is 11.8 Å². The third-order valence-electron chi connectivity index (χ3n) is 4.95. The molecule has 2 heterocycles. The lowest BCUT2D eigenvalue weighted by molar-refractivity contribution is -0.906. The van der Waals surface area contributed by atoms with Crippen LogP contribution in [0.4, 0.5) is 0 Å². The number of benzene rings is 1. The highest BCUT2D eigenvalue weighted by molar-refractivity contribution is 6.35. The molecule has 0 aromatic heterocycles. The van der Waals surface area contributed by atoms with Gasteiger partial charge in [-0.1, -0.05) is 11.6 Å². The summed E-state index contributed by atoms with van der Waals surface area (Å²) in [5.41, 5.74) is 0.486. The molecule has 0 aliphatic carbocycles. The van der Waals surface area contributed by atoms with Crippen molar-refractivity contribution in [3.8, 4) is 0 Å². The van der Waals surface area contributed by atoms with Crippen LogP contribution < -0.4 is 15.5 Å².